The van der Waals surface area contributed by atoms with Crippen LogP contribution in [0, 0.1) is 0 Å². The number of carbonyl (C=O) groups excluding carboxylic acids is 5. The average molecular weight is 571 g/mol. The molecule has 2 fully saturated rings. The van der Waals surface area contributed by atoms with E-state index < -0.39 is 48.1 Å². The molecule has 0 saturated carbocycles. The van der Waals surface area contributed by atoms with Gasteiger partial charge in [0.1, 0.15) is 18.1 Å². The van der Waals surface area contributed by atoms with Crippen LogP contribution in [-0.4, -0.2) is 65.5 Å². The number of rotatable bonds is 9. The van der Waals surface area contributed by atoms with Gasteiger partial charge in [0.05, 0.1) is 23.7 Å². The van der Waals surface area contributed by atoms with Gasteiger partial charge in [0.2, 0.25) is 24.0 Å². The van der Waals surface area contributed by atoms with Crippen LogP contribution in [0.25, 0.3) is 0 Å². The second-order valence-electron chi connectivity index (χ2n) is 9.73. The van der Waals surface area contributed by atoms with Crippen LogP contribution in [0.15, 0.2) is 48.5 Å². The molecule has 40 heavy (non-hydrogen) atoms. The first kappa shape index (κ1) is 29.0. The highest BCUT2D eigenvalue weighted by Gasteiger charge is 2.41. The minimum Gasteiger partial charge on any atom is -0.433 e. The third-order valence-corrected chi connectivity index (χ3v) is 6.96. The van der Waals surface area contributed by atoms with Gasteiger partial charge in [-0.3, -0.25) is 24.0 Å². The van der Waals surface area contributed by atoms with E-state index in [1.54, 1.807) is 0 Å². The first-order chi connectivity index (χ1) is 19.1. The molecule has 212 valence electrons. The summed E-state index contributed by atoms with van der Waals surface area (Å²) in [6.07, 6.45) is 0.0693. The molecule has 0 bridgehead atoms. The summed E-state index contributed by atoms with van der Waals surface area (Å²) in [6.45, 7) is 3.44. The molecule has 4 atom stereocenters. The summed E-state index contributed by atoms with van der Waals surface area (Å²) in [5, 5.41) is 8.20. The summed E-state index contributed by atoms with van der Waals surface area (Å²) in [5.41, 5.74) is 1.47. The zero-order chi connectivity index (χ0) is 28.8. The number of anilines is 1. The van der Waals surface area contributed by atoms with E-state index in [2.05, 4.69) is 16.0 Å². The van der Waals surface area contributed by atoms with Crippen molar-refractivity contribution < 1.29 is 33.4 Å². The number of carbonyl (C=O) groups is 5. The topological polar surface area (TPSA) is 143 Å². The molecule has 2 aromatic rings. The lowest BCUT2D eigenvalue weighted by atomic mass is 10.1. The Morgan fingerprint density at radius 2 is 1.90 bits per heavy atom. The predicted octanol–water partition coefficient (Wildman–Crippen LogP) is 2.38. The molecule has 0 unspecified atom stereocenters. The van der Waals surface area contributed by atoms with Crippen molar-refractivity contribution in [3.63, 3.8) is 0 Å². The maximum Gasteiger partial charge on any atom is 0.310 e. The van der Waals surface area contributed by atoms with Crippen molar-refractivity contribution in [2.75, 3.05) is 11.9 Å². The number of hydrogen-bond acceptors (Lipinski definition) is 7. The second kappa shape index (κ2) is 12.9. The monoisotopic (exact) mass is 570 g/mol. The summed E-state index contributed by atoms with van der Waals surface area (Å²) in [5.74, 6) is -2.14. The van der Waals surface area contributed by atoms with E-state index in [1.165, 1.54) is 36.9 Å². The van der Waals surface area contributed by atoms with E-state index in [-0.39, 0.29) is 29.5 Å². The Morgan fingerprint density at radius 3 is 2.60 bits per heavy atom. The maximum atomic E-state index is 13.2. The van der Waals surface area contributed by atoms with Gasteiger partial charge in [-0.15, -0.1) is 0 Å². The average Bonchev–Trinajstić information content (AvgIpc) is 3.55. The molecule has 0 aliphatic carbocycles. The fraction of sp³-hybridized carbons (Fsp3) is 0.393. The van der Waals surface area contributed by atoms with E-state index in [0.717, 1.165) is 5.56 Å². The lowest BCUT2D eigenvalue weighted by Crippen LogP contribution is -2.54. The zero-order valence-electron chi connectivity index (χ0n) is 22.1. The standard InChI is InChI=1S/C28H31ClN4O7/c1-16(30-25(36)19-10-11-21(20(29)13-19)31-17(2)34)27(38)33-12-6-9-23(33)26(37)32-22-14-24(35)40-28(22)39-15-18-7-4-3-5-8-18/h3-5,7-8,10-11,13,16,22-23,28H,6,9,12,14-15H2,1-2H3,(H,30,36)(H,31,34)(H,32,37)/t16-,22-,23-,28+/m0/s1. The number of cyclic esters (lactones) is 1. The van der Waals surface area contributed by atoms with Crippen LogP contribution in [-0.2, 0) is 35.3 Å². The number of halogens is 1. The molecule has 12 heteroatoms. The molecule has 4 rings (SSSR count). The van der Waals surface area contributed by atoms with Gasteiger partial charge in [0, 0.05) is 19.0 Å². The van der Waals surface area contributed by atoms with E-state index >= 15 is 0 Å². The van der Waals surface area contributed by atoms with Crippen molar-refractivity contribution in [1.29, 1.82) is 0 Å². The minimum atomic E-state index is -0.940. The Balaban J connectivity index is 1.34. The molecule has 2 saturated heterocycles. The van der Waals surface area contributed by atoms with Crippen LogP contribution < -0.4 is 16.0 Å². The highest BCUT2D eigenvalue weighted by Crippen LogP contribution is 2.24. The van der Waals surface area contributed by atoms with Gasteiger partial charge in [-0.1, -0.05) is 41.9 Å². The van der Waals surface area contributed by atoms with E-state index in [9.17, 15) is 24.0 Å². The minimum absolute atomic E-state index is 0.0401. The SMILES string of the molecule is CC(=O)Nc1ccc(C(=O)N[C@@H](C)C(=O)N2CCC[C@H]2C(=O)N[C@H]2CC(=O)O[C@H]2OCc2ccccc2)cc1Cl. The van der Waals surface area contributed by atoms with Crippen molar-refractivity contribution in [1.82, 2.24) is 15.5 Å². The molecule has 0 spiro atoms. The molecular formula is C28H31ClN4O7. The number of esters is 1. The Hall–Kier alpha value is -3.96. The van der Waals surface area contributed by atoms with Crippen LogP contribution in [0.5, 0.6) is 0 Å². The lowest BCUT2D eigenvalue weighted by molar-refractivity contribution is -0.168. The largest absolute Gasteiger partial charge is 0.433 e. The van der Waals surface area contributed by atoms with Gasteiger partial charge in [0.15, 0.2) is 0 Å². The molecule has 0 aromatic heterocycles. The van der Waals surface area contributed by atoms with Crippen LogP contribution in [0.1, 0.15) is 49.0 Å². The van der Waals surface area contributed by atoms with Crippen LogP contribution in [0.2, 0.25) is 5.02 Å². The number of nitrogens with zero attached hydrogens (tertiary/aromatic N) is 1. The van der Waals surface area contributed by atoms with Crippen LogP contribution in [0.4, 0.5) is 5.69 Å². The molecule has 0 radical (unpaired) electrons. The Bertz CT molecular complexity index is 1290. The summed E-state index contributed by atoms with van der Waals surface area (Å²) in [6, 6.07) is 11.4. The zero-order valence-corrected chi connectivity index (χ0v) is 22.9. The fourth-order valence-corrected chi connectivity index (χ4v) is 4.91. The van der Waals surface area contributed by atoms with Crippen LogP contribution in [0.3, 0.4) is 0 Å². The van der Waals surface area contributed by atoms with E-state index in [0.29, 0.717) is 25.1 Å². The highest BCUT2D eigenvalue weighted by molar-refractivity contribution is 6.34. The van der Waals surface area contributed by atoms with E-state index in [1.807, 2.05) is 30.3 Å². The first-order valence-electron chi connectivity index (χ1n) is 13.0. The van der Waals surface area contributed by atoms with Gasteiger partial charge in [-0.2, -0.15) is 0 Å². The third-order valence-electron chi connectivity index (χ3n) is 6.65. The normalized spacial score (nSPS) is 20.9. The lowest BCUT2D eigenvalue weighted by Gasteiger charge is -2.28. The Kier molecular flexibility index (Phi) is 9.38. The van der Waals surface area contributed by atoms with Gasteiger partial charge in [-0.25, -0.2) is 0 Å². The number of hydrogen-bond donors (Lipinski definition) is 3. The molecule has 4 amide bonds. The summed E-state index contributed by atoms with van der Waals surface area (Å²) < 4.78 is 11.0. The fourth-order valence-electron chi connectivity index (χ4n) is 4.68. The van der Waals surface area contributed by atoms with Gasteiger partial charge >= 0.3 is 5.97 Å². The number of likely N-dealkylation sites (tertiary alicyclic amines) is 1. The molecule has 2 aliphatic rings. The number of benzene rings is 2. The van der Waals surface area contributed by atoms with Crippen molar-refractivity contribution >= 4 is 46.9 Å². The number of ether oxygens (including phenoxy) is 2. The number of nitrogens with one attached hydrogen (secondary N) is 3. The molecule has 2 aromatic carbocycles. The summed E-state index contributed by atoms with van der Waals surface area (Å²) in [4.78, 5) is 63.9. The van der Waals surface area contributed by atoms with Gasteiger partial charge < -0.3 is 30.3 Å². The Labute approximate surface area is 236 Å². The van der Waals surface area contributed by atoms with Crippen LogP contribution >= 0.6 is 11.6 Å². The third kappa shape index (κ3) is 7.16. The maximum absolute atomic E-state index is 13.2. The Morgan fingerprint density at radius 1 is 1.15 bits per heavy atom. The molecule has 2 aliphatic heterocycles. The molecular weight excluding hydrogens is 540 g/mol. The van der Waals surface area contributed by atoms with Gasteiger partial charge in [0.25, 0.3) is 5.91 Å². The summed E-state index contributed by atoms with van der Waals surface area (Å²) in [7, 11) is 0. The smallest absolute Gasteiger partial charge is 0.310 e. The molecule has 11 nitrogen and oxygen atoms in total. The first-order valence-corrected chi connectivity index (χ1v) is 13.3. The van der Waals surface area contributed by atoms with Crippen molar-refractivity contribution in [2.45, 2.75) is 64.1 Å². The molecule has 2 heterocycles. The summed E-state index contributed by atoms with van der Waals surface area (Å²) >= 11 is 6.16. The highest BCUT2D eigenvalue weighted by atomic mass is 35.5. The second-order valence-corrected chi connectivity index (χ2v) is 10.1. The van der Waals surface area contributed by atoms with Crippen molar-refractivity contribution in [2.24, 2.45) is 0 Å². The molecule has 3 N–H and O–H groups in total. The van der Waals surface area contributed by atoms with Gasteiger partial charge in [-0.05, 0) is 43.5 Å². The van der Waals surface area contributed by atoms with Crippen molar-refractivity contribution in [3.05, 3.63) is 64.7 Å². The van der Waals surface area contributed by atoms with E-state index in [4.69, 9.17) is 21.1 Å². The van der Waals surface area contributed by atoms with Crippen molar-refractivity contribution in [3.8, 4) is 0 Å². The quantitative estimate of drug-likeness (QED) is 0.393. The predicted molar refractivity (Wildman–Crippen MR) is 145 cm³/mol. The number of amides is 4.